The van der Waals surface area contributed by atoms with E-state index in [9.17, 15) is 27.2 Å². The summed E-state index contributed by atoms with van der Waals surface area (Å²) in [5, 5.41) is 3.25. The number of rotatable bonds is 4. The fourth-order valence-corrected chi connectivity index (χ4v) is 3.29. The smallest absolute Gasteiger partial charge is 0.339 e. The second-order valence-electron chi connectivity index (χ2n) is 7.02. The molecule has 0 fully saturated rings. The van der Waals surface area contributed by atoms with Crippen LogP contribution >= 0.6 is 0 Å². The molecule has 2 heterocycles. The third-order valence-electron chi connectivity index (χ3n) is 4.89. The van der Waals surface area contributed by atoms with Gasteiger partial charge in [0, 0.05) is 23.3 Å². The molecule has 2 N–H and O–H groups in total. The van der Waals surface area contributed by atoms with Crippen molar-refractivity contribution in [2.24, 2.45) is 0 Å². The number of halogens is 4. The van der Waals surface area contributed by atoms with Crippen LogP contribution in [0.4, 0.5) is 17.6 Å². The number of aromatic amines is 1. The highest BCUT2D eigenvalue weighted by atomic mass is 19.4. The molecular weight excluding hydrogens is 426 g/mol. The predicted octanol–water partition coefficient (Wildman–Crippen LogP) is 4.60. The number of nitrogens with zero attached hydrogens (tertiary/aromatic N) is 1. The van der Waals surface area contributed by atoms with Crippen molar-refractivity contribution in [3.05, 3.63) is 111 Å². The number of pyridine rings is 2. The highest BCUT2D eigenvalue weighted by Gasteiger charge is 2.31. The predicted molar refractivity (Wildman–Crippen MR) is 110 cm³/mol. The maximum absolute atomic E-state index is 14.5. The molecule has 0 aliphatic carbocycles. The lowest BCUT2D eigenvalue weighted by atomic mass is 10.00. The van der Waals surface area contributed by atoms with Crippen molar-refractivity contribution in [3.8, 4) is 0 Å². The lowest BCUT2D eigenvalue weighted by Gasteiger charge is -2.20. The van der Waals surface area contributed by atoms with Gasteiger partial charge < -0.3 is 10.3 Å². The molecule has 0 aliphatic heterocycles. The van der Waals surface area contributed by atoms with E-state index < -0.39 is 29.5 Å². The number of nitrogens with one attached hydrogen (secondary N) is 2. The van der Waals surface area contributed by atoms with Crippen LogP contribution in [-0.4, -0.2) is 15.9 Å². The Morgan fingerprint density at radius 1 is 1.00 bits per heavy atom. The molecule has 5 nitrogen and oxygen atoms in total. The Balaban J connectivity index is 1.71. The Morgan fingerprint density at radius 2 is 1.75 bits per heavy atom. The first kappa shape index (κ1) is 21.2. The van der Waals surface area contributed by atoms with E-state index >= 15 is 0 Å². The number of fused-ring (bicyclic) bond motifs is 1. The first-order valence-electron chi connectivity index (χ1n) is 9.44. The number of benzene rings is 2. The summed E-state index contributed by atoms with van der Waals surface area (Å²) in [7, 11) is 0. The van der Waals surface area contributed by atoms with Crippen molar-refractivity contribution in [3.63, 3.8) is 0 Å². The van der Waals surface area contributed by atoms with Crippen LogP contribution in [-0.2, 0) is 6.18 Å². The molecule has 1 amide bonds. The molecule has 0 bridgehead atoms. The minimum atomic E-state index is -4.53. The van der Waals surface area contributed by atoms with Crippen molar-refractivity contribution >= 4 is 16.8 Å². The Bertz CT molecular complexity index is 1350. The van der Waals surface area contributed by atoms with E-state index in [0.29, 0.717) is 10.9 Å². The lowest BCUT2D eigenvalue weighted by Crippen LogP contribution is -2.30. The third-order valence-corrected chi connectivity index (χ3v) is 4.89. The van der Waals surface area contributed by atoms with Gasteiger partial charge in [-0.05, 0) is 59.5 Å². The summed E-state index contributed by atoms with van der Waals surface area (Å²) in [5.74, 6) is -1.30. The minimum Gasteiger partial charge on any atom is -0.339 e. The molecule has 0 radical (unpaired) electrons. The van der Waals surface area contributed by atoms with Gasteiger partial charge in [0.1, 0.15) is 11.5 Å². The molecule has 0 aliphatic rings. The van der Waals surface area contributed by atoms with Gasteiger partial charge >= 0.3 is 6.18 Å². The summed E-state index contributed by atoms with van der Waals surface area (Å²) >= 11 is 0. The Morgan fingerprint density at radius 3 is 2.44 bits per heavy atom. The van der Waals surface area contributed by atoms with Crippen LogP contribution in [0, 0.1) is 5.82 Å². The van der Waals surface area contributed by atoms with Crippen LogP contribution in [0.1, 0.15) is 33.2 Å². The van der Waals surface area contributed by atoms with Gasteiger partial charge in [0.15, 0.2) is 0 Å². The number of carbonyl (C=O) groups excluding carboxylic acids is 1. The maximum atomic E-state index is 14.5. The van der Waals surface area contributed by atoms with E-state index in [-0.39, 0.29) is 22.4 Å². The fourth-order valence-electron chi connectivity index (χ4n) is 3.29. The molecular formula is C23H15F4N3O2. The summed E-state index contributed by atoms with van der Waals surface area (Å²) in [6.07, 6.45) is -3.20. The number of amides is 1. The normalized spacial score (nSPS) is 12.5. The van der Waals surface area contributed by atoms with Gasteiger partial charge in [0.25, 0.3) is 5.91 Å². The van der Waals surface area contributed by atoms with Crippen molar-refractivity contribution in [2.45, 2.75) is 12.2 Å². The van der Waals surface area contributed by atoms with Gasteiger partial charge in [-0.15, -0.1) is 0 Å². The fraction of sp³-hybridized carbons (Fsp3) is 0.0870. The maximum Gasteiger partial charge on any atom is 0.416 e. The van der Waals surface area contributed by atoms with E-state index in [2.05, 4.69) is 15.3 Å². The third kappa shape index (κ3) is 4.36. The molecule has 162 valence electrons. The van der Waals surface area contributed by atoms with Gasteiger partial charge in [0.2, 0.25) is 5.56 Å². The quantitative estimate of drug-likeness (QED) is 0.455. The average molecular weight is 441 g/mol. The summed E-state index contributed by atoms with van der Waals surface area (Å²) in [5.41, 5.74) is -0.305. The zero-order chi connectivity index (χ0) is 22.9. The number of H-pyrrole nitrogens is 1. The molecule has 32 heavy (non-hydrogen) atoms. The zero-order valence-corrected chi connectivity index (χ0v) is 16.3. The molecule has 1 unspecified atom stereocenters. The minimum absolute atomic E-state index is 0.134. The highest BCUT2D eigenvalue weighted by Crippen LogP contribution is 2.31. The number of aromatic nitrogens is 2. The van der Waals surface area contributed by atoms with E-state index in [1.54, 1.807) is 18.2 Å². The molecule has 9 heteroatoms. The number of hydrogen-bond acceptors (Lipinski definition) is 3. The van der Waals surface area contributed by atoms with E-state index in [4.69, 9.17) is 0 Å². The topological polar surface area (TPSA) is 74.8 Å². The Labute approximate surface area is 178 Å². The van der Waals surface area contributed by atoms with Crippen molar-refractivity contribution in [2.75, 3.05) is 0 Å². The molecule has 2 aromatic heterocycles. The Hall–Kier alpha value is -4.01. The van der Waals surface area contributed by atoms with Crippen LogP contribution in [0.3, 0.4) is 0 Å². The monoisotopic (exact) mass is 441 g/mol. The van der Waals surface area contributed by atoms with Crippen LogP contribution in [0.25, 0.3) is 10.9 Å². The SMILES string of the molecule is O=C(NC(c1ccc(C(F)(F)F)cc1)c1ncccc1F)c1ccc2[nH]c(=O)ccc2c1. The molecule has 4 aromatic rings. The molecule has 0 saturated carbocycles. The number of alkyl halides is 3. The van der Waals surface area contributed by atoms with Gasteiger partial charge in [-0.1, -0.05) is 12.1 Å². The van der Waals surface area contributed by atoms with E-state index in [1.807, 2.05) is 0 Å². The van der Waals surface area contributed by atoms with E-state index in [0.717, 1.165) is 18.2 Å². The largest absolute Gasteiger partial charge is 0.416 e. The standard InChI is InChI=1S/C23H15F4N3O2/c24-17-2-1-11-28-21(17)20(13-3-7-16(8-4-13)23(25,26)27)30-22(32)15-5-9-18-14(12-15)6-10-19(31)29-18/h1-12,20H,(H,29,31)(H,30,32). The average Bonchev–Trinajstić information content (AvgIpc) is 2.77. The van der Waals surface area contributed by atoms with Crippen molar-refractivity contribution in [1.29, 1.82) is 0 Å². The highest BCUT2D eigenvalue weighted by molar-refractivity contribution is 5.98. The van der Waals surface area contributed by atoms with Gasteiger partial charge in [-0.2, -0.15) is 13.2 Å². The van der Waals surface area contributed by atoms with Crippen LogP contribution < -0.4 is 10.9 Å². The number of hydrogen-bond donors (Lipinski definition) is 2. The Kier molecular flexibility index (Phi) is 5.48. The molecule has 2 aromatic carbocycles. The number of carbonyl (C=O) groups is 1. The van der Waals surface area contributed by atoms with Crippen LogP contribution in [0.2, 0.25) is 0 Å². The van der Waals surface area contributed by atoms with Gasteiger partial charge in [-0.3, -0.25) is 14.6 Å². The van der Waals surface area contributed by atoms with Crippen LogP contribution in [0.5, 0.6) is 0 Å². The van der Waals surface area contributed by atoms with Gasteiger partial charge in [-0.25, -0.2) is 4.39 Å². The summed E-state index contributed by atoms with van der Waals surface area (Å²) < 4.78 is 53.2. The second kappa shape index (κ2) is 8.26. The zero-order valence-electron chi connectivity index (χ0n) is 16.3. The van der Waals surface area contributed by atoms with Crippen LogP contribution in [0.15, 0.2) is 77.7 Å². The summed E-state index contributed by atoms with van der Waals surface area (Å²) in [6.45, 7) is 0. The lowest BCUT2D eigenvalue weighted by molar-refractivity contribution is -0.137. The molecule has 1 atom stereocenters. The first-order valence-corrected chi connectivity index (χ1v) is 9.44. The van der Waals surface area contributed by atoms with Crippen molar-refractivity contribution in [1.82, 2.24) is 15.3 Å². The second-order valence-corrected chi connectivity index (χ2v) is 7.02. The molecule has 0 spiro atoms. The molecule has 4 rings (SSSR count). The first-order chi connectivity index (χ1) is 15.2. The van der Waals surface area contributed by atoms with E-state index in [1.165, 1.54) is 36.5 Å². The molecule has 0 saturated heterocycles. The summed E-state index contributed by atoms with van der Waals surface area (Å²) in [6, 6.07) is 12.9. The van der Waals surface area contributed by atoms with Gasteiger partial charge in [0.05, 0.1) is 11.6 Å². The van der Waals surface area contributed by atoms with Crippen molar-refractivity contribution < 1.29 is 22.4 Å². The summed E-state index contributed by atoms with van der Waals surface area (Å²) in [4.78, 5) is 31.0.